The zero-order chi connectivity index (χ0) is 14.7. The Balaban J connectivity index is 1.85. The molecule has 0 spiro atoms. The minimum atomic E-state index is -0.456. The molecule has 0 unspecified atom stereocenters. The van der Waals surface area contributed by atoms with Gasteiger partial charge in [-0.3, -0.25) is 4.98 Å². The van der Waals surface area contributed by atoms with Crippen LogP contribution in [0.2, 0.25) is 0 Å². The lowest BCUT2D eigenvalue weighted by atomic mass is 10.2. The molecule has 3 heterocycles. The van der Waals surface area contributed by atoms with Gasteiger partial charge in [0.25, 0.3) is 5.89 Å². The van der Waals surface area contributed by atoms with Crippen molar-refractivity contribution < 1.29 is 14.1 Å². The summed E-state index contributed by atoms with van der Waals surface area (Å²) in [4.78, 5) is 23.9. The van der Waals surface area contributed by atoms with E-state index in [2.05, 4.69) is 20.1 Å². The SMILES string of the molecule is CCOC(=O)c1nc(-c2nc(-c3ccncc3)no2)cs1. The fourth-order valence-corrected chi connectivity index (χ4v) is 2.29. The third-order valence-electron chi connectivity index (χ3n) is 2.54. The van der Waals surface area contributed by atoms with Gasteiger partial charge in [0.05, 0.1) is 6.61 Å². The van der Waals surface area contributed by atoms with Crippen molar-refractivity contribution in [2.75, 3.05) is 6.61 Å². The molecule has 0 atom stereocenters. The highest BCUT2D eigenvalue weighted by Crippen LogP contribution is 2.23. The van der Waals surface area contributed by atoms with Crippen LogP contribution in [0.15, 0.2) is 34.4 Å². The highest BCUT2D eigenvalue weighted by molar-refractivity contribution is 7.11. The molecule has 0 aliphatic carbocycles. The maximum Gasteiger partial charge on any atom is 0.367 e. The number of pyridine rings is 1. The van der Waals surface area contributed by atoms with Crippen molar-refractivity contribution in [2.45, 2.75) is 6.92 Å². The number of carbonyl (C=O) groups is 1. The van der Waals surface area contributed by atoms with Gasteiger partial charge in [0.2, 0.25) is 10.8 Å². The van der Waals surface area contributed by atoms with E-state index in [1.165, 1.54) is 11.3 Å². The van der Waals surface area contributed by atoms with E-state index in [1.54, 1.807) is 36.8 Å². The number of hydrogen-bond donors (Lipinski definition) is 0. The maximum atomic E-state index is 11.6. The van der Waals surface area contributed by atoms with Gasteiger partial charge in [-0.1, -0.05) is 5.16 Å². The summed E-state index contributed by atoms with van der Waals surface area (Å²) in [6, 6.07) is 3.56. The fraction of sp³-hybridized carbons (Fsp3) is 0.154. The van der Waals surface area contributed by atoms with Crippen LogP contribution < -0.4 is 0 Å². The van der Waals surface area contributed by atoms with Gasteiger partial charge >= 0.3 is 5.97 Å². The second-order valence-electron chi connectivity index (χ2n) is 3.92. The Morgan fingerprint density at radius 3 is 2.90 bits per heavy atom. The molecular weight excluding hydrogens is 292 g/mol. The molecule has 3 rings (SSSR count). The lowest BCUT2D eigenvalue weighted by Gasteiger charge is -1.95. The monoisotopic (exact) mass is 302 g/mol. The molecule has 0 saturated heterocycles. The van der Waals surface area contributed by atoms with Gasteiger partial charge in [-0.2, -0.15) is 4.98 Å². The summed E-state index contributed by atoms with van der Waals surface area (Å²) in [6.45, 7) is 2.05. The van der Waals surface area contributed by atoms with Crippen molar-refractivity contribution in [3.63, 3.8) is 0 Å². The normalized spacial score (nSPS) is 10.5. The first kappa shape index (κ1) is 13.4. The number of carbonyl (C=O) groups excluding carboxylic acids is 1. The Hall–Kier alpha value is -2.61. The molecule has 8 heteroatoms. The molecule has 21 heavy (non-hydrogen) atoms. The summed E-state index contributed by atoms with van der Waals surface area (Å²) in [5.74, 6) is 0.245. The van der Waals surface area contributed by atoms with Crippen molar-refractivity contribution >= 4 is 17.3 Å². The summed E-state index contributed by atoms with van der Waals surface area (Å²) in [5, 5.41) is 5.82. The summed E-state index contributed by atoms with van der Waals surface area (Å²) < 4.78 is 10.1. The van der Waals surface area contributed by atoms with Gasteiger partial charge in [-0.05, 0) is 19.1 Å². The van der Waals surface area contributed by atoms with Gasteiger partial charge in [-0.15, -0.1) is 11.3 Å². The number of hydrogen-bond acceptors (Lipinski definition) is 8. The number of aromatic nitrogens is 4. The highest BCUT2D eigenvalue weighted by Gasteiger charge is 2.17. The van der Waals surface area contributed by atoms with Crippen LogP contribution in [-0.4, -0.2) is 32.7 Å². The van der Waals surface area contributed by atoms with Gasteiger partial charge in [0, 0.05) is 23.3 Å². The molecular formula is C13H10N4O3S. The molecule has 0 fully saturated rings. The van der Waals surface area contributed by atoms with Crippen LogP contribution in [0.4, 0.5) is 0 Å². The molecule has 0 bridgehead atoms. The van der Waals surface area contributed by atoms with Gasteiger partial charge in [-0.25, -0.2) is 9.78 Å². The van der Waals surface area contributed by atoms with E-state index in [0.29, 0.717) is 18.1 Å². The number of rotatable bonds is 4. The van der Waals surface area contributed by atoms with Crippen molar-refractivity contribution in [3.8, 4) is 23.0 Å². The molecule has 0 N–H and O–H groups in total. The molecule has 0 aliphatic heterocycles. The van der Waals surface area contributed by atoms with E-state index in [0.717, 1.165) is 5.56 Å². The maximum absolute atomic E-state index is 11.6. The minimum Gasteiger partial charge on any atom is -0.461 e. The summed E-state index contributed by atoms with van der Waals surface area (Å²) in [6.07, 6.45) is 3.29. The van der Waals surface area contributed by atoms with E-state index in [-0.39, 0.29) is 10.9 Å². The highest BCUT2D eigenvalue weighted by atomic mass is 32.1. The minimum absolute atomic E-state index is 0.258. The first-order valence-corrected chi connectivity index (χ1v) is 7.03. The Bertz CT molecular complexity index is 754. The van der Waals surface area contributed by atoms with Crippen LogP contribution in [0.5, 0.6) is 0 Å². The molecule has 0 saturated carbocycles. The largest absolute Gasteiger partial charge is 0.461 e. The average molecular weight is 302 g/mol. The topological polar surface area (TPSA) is 91.0 Å². The molecule has 0 amide bonds. The van der Waals surface area contributed by atoms with E-state index in [4.69, 9.17) is 9.26 Å². The van der Waals surface area contributed by atoms with Crippen LogP contribution in [0.1, 0.15) is 16.7 Å². The molecule has 0 aromatic carbocycles. The lowest BCUT2D eigenvalue weighted by Crippen LogP contribution is -2.03. The Kier molecular flexibility index (Phi) is 3.69. The number of ether oxygens (including phenoxy) is 1. The fourth-order valence-electron chi connectivity index (χ4n) is 1.60. The third kappa shape index (κ3) is 2.79. The molecule has 0 aliphatic rings. The van der Waals surface area contributed by atoms with Gasteiger partial charge < -0.3 is 9.26 Å². The first-order valence-electron chi connectivity index (χ1n) is 6.15. The van der Waals surface area contributed by atoms with Crippen LogP contribution >= 0.6 is 11.3 Å². The second-order valence-corrected chi connectivity index (χ2v) is 4.78. The van der Waals surface area contributed by atoms with E-state index in [1.807, 2.05) is 0 Å². The van der Waals surface area contributed by atoms with Crippen molar-refractivity contribution in [2.24, 2.45) is 0 Å². The quantitative estimate of drug-likeness (QED) is 0.683. The second kappa shape index (κ2) is 5.80. The Labute approximate surface area is 123 Å². The smallest absolute Gasteiger partial charge is 0.367 e. The number of nitrogens with zero attached hydrogens (tertiary/aromatic N) is 4. The molecule has 106 valence electrons. The van der Waals surface area contributed by atoms with Gasteiger partial charge in [0.15, 0.2) is 0 Å². The van der Waals surface area contributed by atoms with Crippen molar-refractivity contribution in [1.82, 2.24) is 20.1 Å². The molecule has 3 aromatic heterocycles. The third-order valence-corrected chi connectivity index (χ3v) is 3.36. The zero-order valence-electron chi connectivity index (χ0n) is 11.0. The summed E-state index contributed by atoms with van der Waals surface area (Å²) in [5.41, 5.74) is 1.25. The average Bonchev–Trinajstić information content (AvgIpc) is 3.17. The van der Waals surface area contributed by atoms with Gasteiger partial charge in [0.1, 0.15) is 5.69 Å². The van der Waals surface area contributed by atoms with Crippen molar-refractivity contribution in [3.05, 3.63) is 34.9 Å². The van der Waals surface area contributed by atoms with Crippen LogP contribution in [0, 0.1) is 0 Å². The van der Waals surface area contributed by atoms with Crippen LogP contribution in [0.3, 0.4) is 0 Å². The molecule has 3 aromatic rings. The lowest BCUT2D eigenvalue weighted by molar-refractivity contribution is 0.0526. The van der Waals surface area contributed by atoms with E-state index >= 15 is 0 Å². The zero-order valence-corrected chi connectivity index (χ0v) is 11.8. The Morgan fingerprint density at radius 1 is 1.33 bits per heavy atom. The predicted molar refractivity (Wildman–Crippen MR) is 74.6 cm³/mol. The van der Waals surface area contributed by atoms with E-state index < -0.39 is 5.97 Å². The number of thiazole rings is 1. The van der Waals surface area contributed by atoms with Crippen LogP contribution in [0.25, 0.3) is 23.0 Å². The number of esters is 1. The predicted octanol–water partition coefficient (Wildman–Crippen LogP) is 2.43. The standard InChI is InChI=1S/C13H10N4O3S/c1-2-19-13(18)12-15-9(7-21-12)11-16-10(17-20-11)8-3-5-14-6-4-8/h3-7H,2H2,1H3. The first-order chi connectivity index (χ1) is 10.3. The summed E-state index contributed by atoms with van der Waals surface area (Å²) in [7, 11) is 0. The Morgan fingerprint density at radius 2 is 2.14 bits per heavy atom. The summed E-state index contributed by atoms with van der Waals surface area (Å²) >= 11 is 1.17. The van der Waals surface area contributed by atoms with Crippen LogP contribution in [-0.2, 0) is 4.74 Å². The van der Waals surface area contributed by atoms with E-state index in [9.17, 15) is 4.79 Å². The molecule has 7 nitrogen and oxygen atoms in total. The molecule has 0 radical (unpaired) electrons. The van der Waals surface area contributed by atoms with Crippen molar-refractivity contribution in [1.29, 1.82) is 0 Å².